The Labute approximate surface area is 115 Å². The maximum atomic E-state index is 13.7. The average Bonchev–Trinajstić information content (AvgIpc) is 3.11. The van der Waals surface area contributed by atoms with Crippen molar-refractivity contribution < 1.29 is 21.6 Å². The quantitative estimate of drug-likeness (QED) is 0.868. The highest BCUT2D eigenvalue weighted by molar-refractivity contribution is 7.89. The van der Waals surface area contributed by atoms with Gasteiger partial charge in [0.25, 0.3) is 0 Å². The molecule has 1 aromatic carbocycles. The number of hydrogen-bond donors (Lipinski definition) is 1. The van der Waals surface area contributed by atoms with Gasteiger partial charge in [-0.2, -0.15) is 4.31 Å². The van der Waals surface area contributed by atoms with Crippen LogP contribution in [0.15, 0.2) is 17.0 Å². The number of halogens is 3. The Kier molecular flexibility index (Phi) is 4.36. The molecule has 1 saturated carbocycles. The van der Waals surface area contributed by atoms with Crippen molar-refractivity contribution in [3.05, 3.63) is 29.6 Å². The molecule has 0 spiro atoms. The summed E-state index contributed by atoms with van der Waals surface area (Å²) < 4.78 is 66.0. The Morgan fingerprint density at radius 2 is 1.75 bits per heavy atom. The van der Waals surface area contributed by atoms with E-state index in [1.807, 2.05) is 0 Å². The van der Waals surface area contributed by atoms with Crippen molar-refractivity contribution in [2.24, 2.45) is 5.73 Å². The van der Waals surface area contributed by atoms with Crippen molar-refractivity contribution in [3.8, 4) is 0 Å². The minimum Gasteiger partial charge on any atom is -0.330 e. The van der Waals surface area contributed by atoms with Gasteiger partial charge in [0.15, 0.2) is 4.90 Å². The molecule has 1 aliphatic carbocycles. The molecule has 4 nitrogen and oxygen atoms in total. The highest BCUT2D eigenvalue weighted by Crippen LogP contribution is 2.33. The van der Waals surface area contributed by atoms with E-state index in [2.05, 4.69) is 0 Å². The first kappa shape index (κ1) is 15.3. The van der Waals surface area contributed by atoms with E-state index in [0.717, 1.165) is 4.31 Å². The molecule has 0 atom stereocenters. The van der Waals surface area contributed by atoms with Gasteiger partial charge in [-0.1, -0.05) is 0 Å². The number of rotatable bonds is 6. The normalized spacial score (nSPS) is 15.8. The molecular formula is C12H15F3N2O2S. The van der Waals surface area contributed by atoms with E-state index >= 15 is 0 Å². The summed E-state index contributed by atoms with van der Waals surface area (Å²) in [6, 6.07) is 0.476. The summed E-state index contributed by atoms with van der Waals surface area (Å²) in [5, 5.41) is 0. The van der Waals surface area contributed by atoms with Gasteiger partial charge in [-0.3, -0.25) is 0 Å². The third-order valence-electron chi connectivity index (χ3n) is 3.07. The summed E-state index contributed by atoms with van der Waals surface area (Å²) in [5.74, 6) is -3.99. The molecular weight excluding hydrogens is 293 g/mol. The van der Waals surface area contributed by atoms with E-state index in [0.29, 0.717) is 31.4 Å². The number of sulfonamides is 1. The third-order valence-corrected chi connectivity index (χ3v) is 5.07. The van der Waals surface area contributed by atoms with E-state index in [1.54, 1.807) is 0 Å². The van der Waals surface area contributed by atoms with Crippen molar-refractivity contribution in [1.29, 1.82) is 0 Å². The van der Waals surface area contributed by atoms with Gasteiger partial charge in [0, 0.05) is 24.7 Å². The Morgan fingerprint density at radius 1 is 1.20 bits per heavy atom. The van der Waals surface area contributed by atoms with Crippen LogP contribution in [0.25, 0.3) is 0 Å². The fraction of sp³-hybridized carbons (Fsp3) is 0.500. The van der Waals surface area contributed by atoms with E-state index in [-0.39, 0.29) is 19.1 Å². The lowest BCUT2D eigenvalue weighted by Gasteiger charge is -2.22. The fourth-order valence-corrected chi connectivity index (χ4v) is 3.82. The van der Waals surface area contributed by atoms with Crippen LogP contribution in [0, 0.1) is 17.5 Å². The van der Waals surface area contributed by atoms with E-state index < -0.39 is 32.4 Å². The molecule has 2 N–H and O–H groups in total. The van der Waals surface area contributed by atoms with Gasteiger partial charge in [0.1, 0.15) is 17.5 Å². The Morgan fingerprint density at radius 3 is 2.20 bits per heavy atom. The molecule has 0 bridgehead atoms. The van der Waals surface area contributed by atoms with Crippen LogP contribution >= 0.6 is 0 Å². The monoisotopic (exact) mass is 308 g/mol. The Hall–Kier alpha value is -1.12. The highest BCUT2D eigenvalue weighted by Gasteiger charge is 2.40. The molecule has 0 aliphatic heterocycles. The predicted molar refractivity (Wildman–Crippen MR) is 66.9 cm³/mol. The van der Waals surface area contributed by atoms with Crippen LogP contribution in [0.2, 0.25) is 0 Å². The average molecular weight is 308 g/mol. The molecule has 2 rings (SSSR count). The first-order chi connectivity index (χ1) is 9.37. The minimum atomic E-state index is -4.33. The lowest BCUT2D eigenvalue weighted by atomic mass is 10.3. The topological polar surface area (TPSA) is 63.4 Å². The first-order valence-electron chi connectivity index (χ1n) is 6.24. The number of hydrogen-bond acceptors (Lipinski definition) is 3. The van der Waals surface area contributed by atoms with Gasteiger partial charge < -0.3 is 5.73 Å². The second-order valence-electron chi connectivity index (χ2n) is 4.69. The lowest BCUT2D eigenvalue weighted by molar-refractivity contribution is 0.390. The first-order valence-corrected chi connectivity index (χ1v) is 7.68. The van der Waals surface area contributed by atoms with Gasteiger partial charge >= 0.3 is 0 Å². The molecule has 0 unspecified atom stereocenters. The van der Waals surface area contributed by atoms with Crippen LogP contribution in [0.5, 0.6) is 0 Å². The zero-order chi connectivity index (χ0) is 14.9. The molecule has 112 valence electrons. The molecule has 1 aromatic rings. The van der Waals surface area contributed by atoms with Crippen molar-refractivity contribution in [1.82, 2.24) is 4.31 Å². The SMILES string of the molecule is NCCCN(C1CC1)S(=O)(=O)c1c(F)cc(F)cc1F. The van der Waals surface area contributed by atoms with Gasteiger partial charge in [-0.25, -0.2) is 21.6 Å². The molecule has 0 saturated heterocycles. The van der Waals surface area contributed by atoms with Gasteiger partial charge in [-0.15, -0.1) is 0 Å². The Balaban J connectivity index is 2.42. The van der Waals surface area contributed by atoms with Crippen molar-refractivity contribution in [2.45, 2.75) is 30.2 Å². The molecule has 8 heteroatoms. The van der Waals surface area contributed by atoms with Gasteiger partial charge in [-0.05, 0) is 25.8 Å². The maximum absolute atomic E-state index is 13.7. The Bertz CT molecular complexity index is 580. The van der Waals surface area contributed by atoms with Crippen LogP contribution in [0.4, 0.5) is 13.2 Å². The van der Waals surface area contributed by atoms with Gasteiger partial charge in [0.2, 0.25) is 10.0 Å². The molecule has 20 heavy (non-hydrogen) atoms. The molecule has 0 radical (unpaired) electrons. The van der Waals surface area contributed by atoms with Crippen molar-refractivity contribution >= 4 is 10.0 Å². The number of nitrogens with zero attached hydrogens (tertiary/aromatic N) is 1. The van der Waals surface area contributed by atoms with Gasteiger partial charge in [0.05, 0.1) is 0 Å². The van der Waals surface area contributed by atoms with Crippen LogP contribution < -0.4 is 5.73 Å². The van der Waals surface area contributed by atoms with Crippen LogP contribution in [-0.4, -0.2) is 31.9 Å². The number of nitrogens with two attached hydrogens (primary N) is 1. The molecule has 1 fully saturated rings. The second kappa shape index (κ2) is 5.71. The third kappa shape index (κ3) is 2.97. The smallest absolute Gasteiger partial charge is 0.249 e. The zero-order valence-corrected chi connectivity index (χ0v) is 11.5. The fourth-order valence-electron chi connectivity index (χ4n) is 2.00. The van der Waals surface area contributed by atoms with E-state index in [4.69, 9.17) is 5.73 Å². The summed E-state index contributed by atoms with van der Waals surface area (Å²) in [4.78, 5) is -1.09. The minimum absolute atomic E-state index is 0.0970. The lowest BCUT2D eigenvalue weighted by Crippen LogP contribution is -2.36. The van der Waals surface area contributed by atoms with Crippen molar-refractivity contribution in [2.75, 3.05) is 13.1 Å². The van der Waals surface area contributed by atoms with E-state index in [9.17, 15) is 21.6 Å². The summed E-state index contributed by atoms with van der Waals surface area (Å²) in [6.45, 7) is 0.368. The standard InChI is InChI=1S/C12H15F3N2O2S/c13-8-6-10(14)12(11(15)7-8)20(18,19)17(5-1-4-16)9-2-3-9/h6-7,9H,1-5,16H2. The summed E-state index contributed by atoms with van der Waals surface area (Å²) in [6.07, 6.45) is 1.68. The largest absolute Gasteiger partial charge is 0.330 e. The van der Waals surface area contributed by atoms with E-state index in [1.165, 1.54) is 0 Å². The maximum Gasteiger partial charge on any atom is 0.249 e. The summed E-state index contributed by atoms with van der Waals surface area (Å²) >= 11 is 0. The highest BCUT2D eigenvalue weighted by atomic mass is 32.2. The molecule has 0 aromatic heterocycles. The molecule has 0 amide bonds. The summed E-state index contributed by atoms with van der Waals surface area (Å²) in [7, 11) is -4.33. The van der Waals surface area contributed by atoms with Crippen molar-refractivity contribution in [3.63, 3.8) is 0 Å². The van der Waals surface area contributed by atoms with Crippen LogP contribution in [-0.2, 0) is 10.0 Å². The predicted octanol–water partition coefficient (Wildman–Crippen LogP) is 1.61. The molecule has 0 heterocycles. The van der Waals surface area contributed by atoms with Crippen LogP contribution in [0.3, 0.4) is 0 Å². The molecule has 1 aliphatic rings. The zero-order valence-electron chi connectivity index (χ0n) is 10.7. The number of benzene rings is 1. The second-order valence-corrected chi connectivity index (χ2v) is 6.52. The van der Waals surface area contributed by atoms with Crippen LogP contribution in [0.1, 0.15) is 19.3 Å². The summed E-state index contributed by atoms with van der Waals surface area (Å²) in [5.41, 5.74) is 5.34.